The molecule has 0 aromatic rings. The molecule has 0 aliphatic carbocycles. The summed E-state index contributed by atoms with van der Waals surface area (Å²) in [4.78, 5) is 10.6. The van der Waals surface area contributed by atoms with E-state index in [0.717, 1.165) is 12.8 Å². The summed E-state index contributed by atoms with van der Waals surface area (Å²) in [6.45, 7) is 5.34. The molecule has 0 bridgehead atoms. The van der Waals surface area contributed by atoms with Crippen LogP contribution in [0, 0.1) is 5.92 Å². The summed E-state index contributed by atoms with van der Waals surface area (Å²) >= 11 is 0. The molecule has 0 rings (SSSR count). The molecule has 3 N–H and O–H groups in total. The van der Waals surface area contributed by atoms with Gasteiger partial charge in [-0.3, -0.25) is 4.79 Å². The van der Waals surface area contributed by atoms with Crippen LogP contribution in [0.2, 0.25) is 0 Å². The third-order valence-corrected chi connectivity index (χ3v) is 1.91. The summed E-state index contributed by atoms with van der Waals surface area (Å²) in [7, 11) is 0. The number of carbonyl (C=O) groups excluding carboxylic acids is 1. The minimum Gasteiger partial charge on any atom is -0.390 e. The lowest BCUT2D eigenvalue weighted by Gasteiger charge is -2.17. The van der Waals surface area contributed by atoms with E-state index in [0.29, 0.717) is 6.42 Å². The molecule has 0 saturated carbocycles. The van der Waals surface area contributed by atoms with Gasteiger partial charge in [-0.15, -0.1) is 0 Å². The number of primary amides is 1. The fraction of sp³-hybridized carbons (Fsp3) is 0.889. The fourth-order valence-corrected chi connectivity index (χ4v) is 0.983. The maximum Gasteiger partial charge on any atom is 0.220 e. The van der Waals surface area contributed by atoms with Crippen molar-refractivity contribution in [2.75, 3.05) is 0 Å². The van der Waals surface area contributed by atoms with E-state index in [4.69, 9.17) is 5.73 Å². The highest BCUT2D eigenvalue weighted by Gasteiger charge is 2.14. The van der Waals surface area contributed by atoms with Crippen molar-refractivity contribution < 1.29 is 9.90 Å². The maximum atomic E-state index is 10.6. The molecule has 12 heavy (non-hydrogen) atoms. The minimum absolute atomic E-state index is 0.0765. The zero-order chi connectivity index (χ0) is 9.78. The Morgan fingerprint density at radius 1 is 1.58 bits per heavy atom. The number of rotatable bonds is 5. The molecule has 0 saturated heterocycles. The molecule has 3 nitrogen and oxygen atoms in total. The van der Waals surface area contributed by atoms with Gasteiger partial charge in [0.2, 0.25) is 5.91 Å². The molecule has 0 aromatic heterocycles. The Hall–Kier alpha value is -0.570. The molecule has 1 amide bonds. The van der Waals surface area contributed by atoms with Crippen molar-refractivity contribution in [1.82, 2.24) is 0 Å². The van der Waals surface area contributed by atoms with Crippen molar-refractivity contribution in [1.29, 1.82) is 0 Å². The van der Waals surface area contributed by atoms with Crippen molar-refractivity contribution in [2.24, 2.45) is 11.7 Å². The van der Waals surface area contributed by atoms with Crippen LogP contribution in [-0.4, -0.2) is 16.6 Å². The molecule has 72 valence electrons. The van der Waals surface area contributed by atoms with E-state index < -0.39 is 5.60 Å². The number of carbonyl (C=O) groups is 1. The van der Waals surface area contributed by atoms with Crippen molar-refractivity contribution in [3.63, 3.8) is 0 Å². The van der Waals surface area contributed by atoms with Crippen LogP contribution in [0.25, 0.3) is 0 Å². The first-order chi connectivity index (χ1) is 5.33. The van der Waals surface area contributed by atoms with Crippen molar-refractivity contribution in [3.8, 4) is 0 Å². The molecule has 0 radical (unpaired) electrons. The van der Waals surface area contributed by atoms with E-state index in [1.54, 1.807) is 13.8 Å². The minimum atomic E-state index is -0.628. The third-order valence-electron chi connectivity index (χ3n) is 1.91. The first-order valence-electron chi connectivity index (χ1n) is 4.34. The number of nitrogens with two attached hydrogens (primary N) is 1. The zero-order valence-electron chi connectivity index (χ0n) is 8.13. The molecule has 0 aliphatic heterocycles. The zero-order valence-corrected chi connectivity index (χ0v) is 8.13. The maximum absolute atomic E-state index is 10.6. The van der Waals surface area contributed by atoms with E-state index in [9.17, 15) is 9.90 Å². The van der Waals surface area contributed by atoms with Crippen LogP contribution in [-0.2, 0) is 4.79 Å². The van der Waals surface area contributed by atoms with Crippen molar-refractivity contribution in [2.45, 2.75) is 45.6 Å². The molecule has 0 aromatic carbocycles. The monoisotopic (exact) mass is 173 g/mol. The van der Waals surface area contributed by atoms with Gasteiger partial charge in [-0.05, 0) is 33.1 Å². The first kappa shape index (κ1) is 11.4. The van der Waals surface area contributed by atoms with Gasteiger partial charge in [-0.2, -0.15) is 0 Å². The Morgan fingerprint density at radius 2 is 2.08 bits per heavy atom. The van der Waals surface area contributed by atoms with Crippen LogP contribution >= 0.6 is 0 Å². The van der Waals surface area contributed by atoms with Gasteiger partial charge in [0.05, 0.1) is 5.60 Å². The highest BCUT2D eigenvalue weighted by molar-refractivity contribution is 5.76. The molecule has 0 aliphatic rings. The van der Waals surface area contributed by atoms with E-state index in [-0.39, 0.29) is 11.8 Å². The van der Waals surface area contributed by atoms with Gasteiger partial charge in [-0.1, -0.05) is 6.92 Å². The number of hydrogen-bond acceptors (Lipinski definition) is 2. The Balaban J connectivity index is 3.51. The Morgan fingerprint density at radius 3 is 2.42 bits per heavy atom. The summed E-state index contributed by atoms with van der Waals surface area (Å²) in [5.41, 5.74) is 4.46. The number of hydrogen-bond donors (Lipinski definition) is 2. The largest absolute Gasteiger partial charge is 0.390 e. The van der Waals surface area contributed by atoms with Gasteiger partial charge in [0, 0.05) is 5.92 Å². The lowest BCUT2D eigenvalue weighted by Crippen LogP contribution is -2.22. The van der Waals surface area contributed by atoms with Crippen LogP contribution in [0.1, 0.15) is 40.0 Å². The third kappa shape index (κ3) is 6.16. The number of amides is 1. The van der Waals surface area contributed by atoms with E-state index in [1.165, 1.54) is 0 Å². The van der Waals surface area contributed by atoms with Crippen LogP contribution in [0.4, 0.5) is 0 Å². The van der Waals surface area contributed by atoms with E-state index >= 15 is 0 Å². The smallest absolute Gasteiger partial charge is 0.220 e. The highest BCUT2D eigenvalue weighted by atomic mass is 16.3. The van der Waals surface area contributed by atoms with Gasteiger partial charge in [0.1, 0.15) is 0 Å². The van der Waals surface area contributed by atoms with Gasteiger partial charge in [-0.25, -0.2) is 0 Å². The second-order valence-electron chi connectivity index (χ2n) is 4.01. The molecule has 0 heterocycles. The first-order valence-corrected chi connectivity index (χ1v) is 4.34. The van der Waals surface area contributed by atoms with Crippen LogP contribution in [0.3, 0.4) is 0 Å². The van der Waals surface area contributed by atoms with Crippen molar-refractivity contribution >= 4 is 5.91 Å². The van der Waals surface area contributed by atoms with Crippen LogP contribution in [0.15, 0.2) is 0 Å². The second kappa shape index (κ2) is 4.45. The lowest BCUT2D eigenvalue weighted by molar-refractivity contribution is -0.121. The SMILES string of the molecule is CC(CCCC(C)(C)O)C(N)=O. The molecule has 3 heteroatoms. The van der Waals surface area contributed by atoms with Crippen LogP contribution < -0.4 is 5.73 Å². The highest BCUT2D eigenvalue weighted by Crippen LogP contribution is 2.15. The fourth-order valence-electron chi connectivity index (χ4n) is 0.983. The average Bonchev–Trinajstić information content (AvgIpc) is 1.84. The topological polar surface area (TPSA) is 63.3 Å². The van der Waals surface area contributed by atoms with E-state index in [1.807, 2.05) is 6.92 Å². The summed E-state index contributed by atoms with van der Waals surface area (Å²) in [5, 5.41) is 9.35. The Kier molecular flexibility index (Phi) is 4.24. The summed E-state index contributed by atoms with van der Waals surface area (Å²) in [6, 6.07) is 0. The van der Waals surface area contributed by atoms with Crippen molar-refractivity contribution in [3.05, 3.63) is 0 Å². The predicted octanol–water partition coefficient (Wildman–Crippen LogP) is 1.05. The van der Waals surface area contributed by atoms with Crippen LogP contribution in [0.5, 0.6) is 0 Å². The Labute approximate surface area is 74.0 Å². The normalized spacial score (nSPS) is 14.3. The average molecular weight is 173 g/mol. The standard InChI is InChI=1S/C9H19NO2/c1-7(8(10)11)5-4-6-9(2,3)12/h7,12H,4-6H2,1-3H3,(H2,10,11). The predicted molar refractivity (Wildman–Crippen MR) is 48.5 cm³/mol. The molecule has 0 spiro atoms. The Bertz CT molecular complexity index is 149. The summed E-state index contributed by atoms with van der Waals surface area (Å²) in [6.07, 6.45) is 2.32. The van der Waals surface area contributed by atoms with Gasteiger partial charge >= 0.3 is 0 Å². The second-order valence-corrected chi connectivity index (χ2v) is 4.01. The van der Waals surface area contributed by atoms with E-state index in [2.05, 4.69) is 0 Å². The van der Waals surface area contributed by atoms with Gasteiger partial charge in [0.25, 0.3) is 0 Å². The van der Waals surface area contributed by atoms with Gasteiger partial charge < -0.3 is 10.8 Å². The summed E-state index contributed by atoms with van der Waals surface area (Å²) in [5.74, 6) is -0.335. The lowest BCUT2D eigenvalue weighted by atomic mass is 9.97. The quantitative estimate of drug-likeness (QED) is 0.652. The van der Waals surface area contributed by atoms with Gasteiger partial charge in [0.15, 0.2) is 0 Å². The molecule has 0 fully saturated rings. The molecule has 1 unspecified atom stereocenters. The number of aliphatic hydroxyl groups is 1. The summed E-state index contributed by atoms with van der Waals surface area (Å²) < 4.78 is 0. The molecule has 1 atom stereocenters. The molecular formula is C9H19NO2. The molecular weight excluding hydrogens is 154 g/mol.